The number of nitrogens with two attached hydrogens (primary N) is 1. The number of nitrogens with one attached hydrogen (secondary N) is 1. The number of hydrogen-bond acceptors (Lipinski definition) is 6. The van der Waals surface area contributed by atoms with Crippen LogP contribution in [0.5, 0.6) is 0 Å². The second kappa shape index (κ2) is 8.06. The Hall–Kier alpha value is -2.45. The molecule has 0 bridgehead atoms. The maximum absolute atomic E-state index is 12.8. The molecule has 0 spiro atoms. The summed E-state index contributed by atoms with van der Waals surface area (Å²) in [5.74, 6) is 0.212. The number of amides is 1. The first-order valence-electron chi connectivity index (χ1n) is 8.63. The molecule has 4 rings (SSSR count). The van der Waals surface area contributed by atoms with Crippen LogP contribution in [0.3, 0.4) is 0 Å². The van der Waals surface area contributed by atoms with Crippen molar-refractivity contribution in [1.82, 2.24) is 14.5 Å². The topological polar surface area (TPSA) is 103 Å². The molecule has 0 unspecified atom stereocenters. The van der Waals surface area contributed by atoms with Crippen molar-refractivity contribution in [2.75, 3.05) is 11.1 Å². The predicted molar refractivity (Wildman–Crippen MR) is 110 cm³/mol. The lowest BCUT2D eigenvalue weighted by Gasteiger charge is -2.10. The molecule has 7 nitrogen and oxygen atoms in total. The van der Waals surface area contributed by atoms with Gasteiger partial charge in [-0.05, 0) is 43.4 Å². The van der Waals surface area contributed by atoms with E-state index >= 15 is 0 Å². The Morgan fingerprint density at radius 3 is 2.85 bits per heavy atom. The molecule has 0 radical (unpaired) electrons. The highest BCUT2D eigenvalue weighted by molar-refractivity contribution is 7.18. The largest absolute Gasteiger partial charge is 0.384 e. The van der Waals surface area contributed by atoms with E-state index in [1.807, 2.05) is 0 Å². The molecule has 0 fully saturated rings. The van der Waals surface area contributed by atoms with Crippen molar-refractivity contribution in [3.8, 4) is 0 Å². The van der Waals surface area contributed by atoms with Gasteiger partial charge in [-0.3, -0.25) is 14.2 Å². The molecule has 0 aliphatic heterocycles. The first kappa shape index (κ1) is 19.3. The van der Waals surface area contributed by atoms with E-state index in [0.717, 1.165) is 29.5 Å². The minimum atomic E-state index is -0.184. The van der Waals surface area contributed by atoms with Gasteiger partial charge in [0.05, 0.1) is 23.6 Å². The number of rotatable bonds is 4. The predicted octanol–water partition coefficient (Wildman–Crippen LogP) is 2.76. The number of thiophene rings is 1. The Bertz CT molecular complexity index is 1030. The van der Waals surface area contributed by atoms with Crippen LogP contribution < -0.4 is 16.6 Å². The van der Waals surface area contributed by atoms with Gasteiger partial charge in [0.25, 0.3) is 5.56 Å². The molecule has 27 heavy (non-hydrogen) atoms. The average molecular weight is 406 g/mol. The van der Waals surface area contributed by atoms with Crippen LogP contribution in [0.1, 0.15) is 29.7 Å². The molecule has 0 atom stereocenters. The maximum atomic E-state index is 12.8. The van der Waals surface area contributed by atoms with Gasteiger partial charge in [0.2, 0.25) is 5.91 Å². The van der Waals surface area contributed by atoms with E-state index < -0.39 is 0 Å². The van der Waals surface area contributed by atoms with Crippen LogP contribution in [0.2, 0.25) is 0 Å². The van der Waals surface area contributed by atoms with Crippen LogP contribution in [0, 0.1) is 0 Å². The second-order valence-electron chi connectivity index (χ2n) is 6.40. The zero-order valence-electron chi connectivity index (χ0n) is 14.6. The fourth-order valence-corrected chi connectivity index (χ4v) is 4.48. The number of aromatic nitrogens is 3. The van der Waals surface area contributed by atoms with Gasteiger partial charge in [-0.2, -0.15) is 0 Å². The molecule has 0 saturated heterocycles. The maximum Gasteiger partial charge on any atom is 0.262 e. The lowest BCUT2D eigenvalue weighted by molar-refractivity contribution is -0.116. The molecule has 142 valence electrons. The summed E-state index contributed by atoms with van der Waals surface area (Å²) >= 11 is 1.63. The number of carbonyl (C=O) groups excluding carboxylic acids is 1. The monoisotopic (exact) mass is 405 g/mol. The molecule has 3 aromatic rings. The van der Waals surface area contributed by atoms with E-state index in [0.29, 0.717) is 18.1 Å². The summed E-state index contributed by atoms with van der Waals surface area (Å²) in [6.45, 7) is 0.292. The number of anilines is 2. The van der Waals surface area contributed by atoms with Gasteiger partial charge in [-0.15, -0.1) is 23.7 Å². The quantitative estimate of drug-likeness (QED) is 0.694. The minimum Gasteiger partial charge on any atom is -0.384 e. The molecular formula is C18H20ClN5O2S. The molecule has 0 aromatic carbocycles. The second-order valence-corrected chi connectivity index (χ2v) is 7.49. The number of pyridine rings is 1. The van der Waals surface area contributed by atoms with Crippen molar-refractivity contribution in [3.05, 3.63) is 45.5 Å². The van der Waals surface area contributed by atoms with Crippen molar-refractivity contribution in [2.24, 2.45) is 0 Å². The van der Waals surface area contributed by atoms with Crippen molar-refractivity contribution in [3.63, 3.8) is 0 Å². The Morgan fingerprint density at radius 1 is 1.26 bits per heavy atom. The van der Waals surface area contributed by atoms with Gasteiger partial charge >= 0.3 is 0 Å². The number of hydrogen-bond donors (Lipinski definition) is 2. The smallest absolute Gasteiger partial charge is 0.262 e. The molecule has 3 heterocycles. The summed E-state index contributed by atoms with van der Waals surface area (Å²) in [7, 11) is 0. The normalized spacial score (nSPS) is 13.0. The van der Waals surface area contributed by atoms with Crippen LogP contribution in [0.15, 0.2) is 29.5 Å². The molecule has 1 amide bonds. The van der Waals surface area contributed by atoms with Gasteiger partial charge in [0, 0.05) is 17.8 Å². The summed E-state index contributed by atoms with van der Waals surface area (Å²) in [6.07, 6.45) is 7.51. The number of halogens is 1. The van der Waals surface area contributed by atoms with E-state index in [9.17, 15) is 9.59 Å². The molecule has 9 heteroatoms. The molecule has 1 aliphatic rings. The Kier molecular flexibility index (Phi) is 5.76. The minimum absolute atomic E-state index is 0. The fraction of sp³-hybridized carbons (Fsp3) is 0.333. The standard InChI is InChI=1S/C18H19N5O2S.ClH/c19-14-6-5-11(9-20-14)22-15(24)7-8-23-10-21-17-16(18(23)25)12-3-1-2-4-13(12)26-17;/h5-6,9-10H,1-4,7-8H2,(H2,19,20)(H,22,24);1H. The molecular weight excluding hydrogens is 386 g/mol. The first-order valence-corrected chi connectivity index (χ1v) is 9.44. The van der Waals surface area contributed by atoms with E-state index in [4.69, 9.17) is 5.73 Å². The highest BCUT2D eigenvalue weighted by atomic mass is 35.5. The summed E-state index contributed by atoms with van der Waals surface area (Å²) in [6, 6.07) is 3.31. The van der Waals surface area contributed by atoms with Crippen LogP contribution >= 0.6 is 23.7 Å². The summed E-state index contributed by atoms with van der Waals surface area (Å²) in [5.41, 5.74) is 7.23. The molecule has 1 aliphatic carbocycles. The zero-order valence-corrected chi connectivity index (χ0v) is 16.2. The van der Waals surface area contributed by atoms with Crippen LogP contribution in [0.4, 0.5) is 11.5 Å². The van der Waals surface area contributed by atoms with Gasteiger partial charge in [-0.25, -0.2) is 9.97 Å². The lowest BCUT2D eigenvalue weighted by Crippen LogP contribution is -2.24. The Labute approximate surface area is 166 Å². The van der Waals surface area contributed by atoms with Crippen molar-refractivity contribution < 1.29 is 4.79 Å². The fourth-order valence-electron chi connectivity index (χ4n) is 3.27. The van der Waals surface area contributed by atoms with Crippen molar-refractivity contribution >= 4 is 51.4 Å². The highest BCUT2D eigenvalue weighted by Gasteiger charge is 2.20. The van der Waals surface area contributed by atoms with E-state index in [-0.39, 0.29) is 30.3 Å². The summed E-state index contributed by atoms with van der Waals surface area (Å²) < 4.78 is 1.53. The average Bonchev–Trinajstić information content (AvgIpc) is 3.02. The molecule has 3 N–H and O–H groups in total. The number of fused-ring (bicyclic) bond motifs is 3. The summed E-state index contributed by atoms with van der Waals surface area (Å²) in [5, 5.41) is 3.50. The number of aryl methyl sites for hydroxylation is 3. The third kappa shape index (κ3) is 3.96. The van der Waals surface area contributed by atoms with Gasteiger partial charge in [0.15, 0.2) is 0 Å². The van der Waals surface area contributed by atoms with Crippen LogP contribution in [-0.4, -0.2) is 20.4 Å². The van der Waals surface area contributed by atoms with Crippen LogP contribution in [0.25, 0.3) is 10.2 Å². The van der Waals surface area contributed by atoms with Crippen LogP contribution in [-0.2, 0) is 24.2 Å². The van der Waals surface area contributed by atoms with E-state index in [1.165, 1.54) is 27.6 Å². The SMILES string of the molecule is Cl.Nc1ccc(NC(=O)CCn2cnc3sc4c(c3c2=O)CCCC4)cn1. The Balaban J connectivity index is 0.00000210. The molecule has 0 saturated carbocycles. The van der Waals surface area contributed by atoms with Gasteiger partial charge < -0.3 is 11.1 Å². The molecule has 3 aromatic heterocycles. The number of carbonyl (C=O) groups is 1. The number of nitrogens with zero attached hydrogens (tertiary/aromatic N) is 3. The van der Waals surface area contributed by atoms with Gasteiger partial charge in [0.1, 0.15) is 10.6 Å². The van der Waals surface area contributed by atoms with E-state index in [2.05, 4.69) is 15.3 Å². The Morgan fingerprint density at radius 2 is 2.07 bits per heavy atom. The number of nitrogen functional groups attached to an aromatic ring is 1. The third-order valence-electron chi connectivity index (χ3n) is 4.59. The summed E-state index contributed by atoms with van der Waals surface area (Å²) in [4.78, 5) is 35.5. The van der Waals surface area contributed by atoms with Crippen molar-refractivity contribution in [2.45, 2.75) is 38.6 Å². The lowest BCUT2D eigenvalue weighted by atomic mass is 9.97. The highest BCUT2D eigenvalue weighted by Crippen LogP contribution is 2.33. The van der Waals surface area contributed by atoms with Crippen molar-refractivity contribution in [1.29, 1.82) is 0 Å². The van der Waals surface area contributed by atoms with Gasteiger partial charge in [-0.1, -0.05) is 0 Å². The first-order chi connectivity index (χ1) is 12.6. The third-order valence-corrected chi connectivity index (χ3v) is 5.79. The van der Waals surface area contributed by atoms with E-state index in [1.54, 1.807) is 29.8 Å². The zero-order chi connectivity index (χ0) is 18.1.